The molecule has 2 heterocycles. The molecule has 1 saturated carbocycles. The van der Waals surface area contributed by atoms with Crippen molar-refractivity contribution in [3.63, 3.8) is 0 Å². The number of fused-ring (bicyclic) bond motifs is 2. The van der Waals surface area contributed by atoms with Crippen LogP contribution in [-0.4, -0.2) is 72.1 Å². The van der Waals surface area contributed by atoms with Gasteiger partial charge in [0.25, 0.3) is 5.91 Å². The third-order valence-corrected chi connectivity index (χ3v) is 12.0. The normalized spacial score (nSPS) is 19.9. The quantitative estimate of drug-likeness (QED) is 0.203. The van der Waals surface area contributed by atoms with Gasteiger partial charge in [0, 0.05) is 24.6 Å². The smallest absolute Gasteiger partial charge is 0.411 e. The molecule has 0 spiro atoms. The molecule has 3 aromatic rings. The van der Waals surface area contributed by atoms with Crippen molar-refractivity contribution in [1.29, 1.82) is 0 Å². The Kier molecular flexibility index (Phi) is 10.7. The highest BCUT2D eigenvalue weighted by molar-refractivity contribution is 7.91. The number of rotatable bonds is 9. The fourth-order valence-corrected chi connectivity index (χ4v) is 9.02. The Hall–Kier alpha value is -3.38. The van der Waals surface area contributed by atoms with Gasteiger partial charge in [-0.1, -0.05) is 71.2 Å². The number of carbonyl (C=O) groups is 2. The average molecular weight is 782 g/mol. The van der Waals surface area contributed by atoms with Crippen LogP contribution in [0.3, 0.4) is 0 Å². The second kappa shape index (κ2) is 14.6. The minimum atomic E-state index is -3.64. The van der Waals surface area contributed by atoms with Crippen LogP contribution in [0, 0.1) is 11.6 Å². The molecule has 2 aliphatic heterocycles. The summed E-state index contributed by atoms with van der Waals surface area (Å²) in [5, 5.41) is 0.243. The zero-order valence-corrected chi connectivity index (χ0v) is 31.3. The van der Waals surface area contributed by atoms with Crippen LogP contribution in [0.1, 0.15) is 56.7 Å². The number of halogens is 5. The van der Waals surface area contributed by atoms with Gasteiger partial charge in [0.05, 0.1) is 40.2 Å². The van der Waals surface area contributed by atoms with Crippen LogP contribution in [0.4, 0.5) is 13.6 Å². The molecule has 0 radical (unpaired) electrons. The lowest BCUT2D eigenvalue weighted by Gasteiger charge is -2.47. The number of carbonyl (C=O) groups excluding carboxylic acids is 2. The van der Waals surface area contributed by atoms with Crippen molar-refractivity contribution in [2.24, 2.45) is 0 Å². The molecular formula is C37H37Cl3F2N2O6S. The summed E-state index contributed by atoms with van der Waals surface area (Å²) in [6.07, 6.45) is 1.28. The molecule has 3 aromatic carbocycles. The number of amides is 2. The van der Waals surface area contributed by atoms with Gasteiger partial charge in [-0.2, -0.15) is 0 Å². The van der Waals surface area contributed by atoms with Gasteiger partial charge >= 0.3 is 6.09 Å². The molecule has 2 fully saturated rings. The SMILES string of the molecule is CC(C)(C)OC(=O)N1C2CC(c3ccc(CCOc4c(F)ccc(F)c4Cl)cc3)=C(C(=O)N(Cc3cccc(Cl)c3Cl)C3CC3)C1CS(=O)(=O)C2. The van der Waals surface area contributed by atoms with Crippen LogP contribution in [0.15, 0.2) is 60.2 Å². The van der Waals surface area contributed by atoms with Crippen LogP contribution < -0.4 is 4.74 Å². The lowest BCUT2D eigenvalue weighted by atomic mass is 9.84. The lowest BCUT2D eigenvalue weighted by Crippen LogP contribution is -2.62. The zero-order valence-electron chi connectivity index (χ0n) is 28.2. The first-order valence-corrected chi connectivity index (χ1v) is 19.5. The number of ether oxygens (including phenoxy) is 2. The van der Waals surface area contributed by atoms with Gasteiger partial charge in [0.15, 0.2) is 21.4 Å². The Labute approximate surface area is 311 Å². The standard InChI is InChI=1S/C37H37Cl3F2N2O6S/c1-37(2,3)50-36(46)44-25-17-26(22-9-7-21(8-10-22)15-16-49-34-29(42)14-13-28(41)33(34)40)31(30(44)20-51(47,48)19-25)35(45)43(24-11-12-24)18-23-5-4-6-27(38)32(23)39/h4-10,13-14,24-25,30H,11-12,15-20H2,1-3H3. The molecular weight excluding hydrogens is 745 g/mol. The van der Waals surface area contributed by atoms with Gasteiger partial charge < -0.3 is 14.4 Å². The fourth-order valence-electron chi connectivity index (χ4n) is 6.63. The Bertz CT molecular complexity index is 2000. The Balaban J connectivity index is 1.37. The summed E-state index contributed by atoms with van der Waals surface area (Å²) in [5.74, 6) is -3.01. The van der Waals surface area contributed by atoms with E-state index >= 15 is 0 Å². The molecule has 0 N–H and O–H groups in total. The highest BCUT2D eigenvalue weighted by atomic mass is 35.5. The van der Waals surface area contributed by atoms with E-state index in [1.165, 1.54) is 4.90 Å². The molecule has 6 rings (SSSR count). The predicted octanol–water partition coefficient (Wildman–Crippen LogP) is 8.30. The maximum absolute atomic E-state index is 14.9. The van der Waals surface area contributed by atoms with E-state index in [2.05, 4.69) is 0 Å². The minimum absolute atomic E-state index is 0.0150. The molecule has 2 amide bonds. The minimum Gasteiger partial charge on any atom is -0.488 e. The Morgan fingerprint density at radius 1 is 0.941 bits per heavy atom. The second-order valence-corrected chi connectivity index (χ2v) is 17.4. The van der Waals surface area contributed by atoms with Crippen LogP contribution in [0.5, 0.6) is 5.75 Å². The van der Waals surface area contributed by atoms with Gasteiger partial charge in [0.1, 0.15) is 16.4 Å². The monoisotopic (exact) mass is 780 g/mol. The van der Waals surface area contributed by atoms with Gasteiger partial charge in [0.2, 0.25) is 0 Å². The molecule has 8 nitrogen and oxygen atoms in total. The van der Waals surface area contributed by atoms with Crippen LogP contribution >= 0.6 is 34.8 Å². The Morgan fingerprint density at radius 2 is 1.63 bits per heavy atom. The van der Waals surface area contributed by atoms with E-state index in [4.69, 9.17) is 44.3 Å². The van der Waals surface area contributed by atoms with E-state index < -0.39 is 56.0 Å². The summed E-state index contributed by atoms with van der Waals surface area (Å²) >= 11 is 18.8. The van der Waals surface area contributed by atoms with Crippen molar-refractivity contribution < 1.29 is 36.3 Å². The van der Waals surface area contributed by atoms with E-state index in [1.807, 2.05) is 24.3 Å². The average Bonchev–Trinajstić information content (AvgIpc) is 3.89. The van der Waals surface area contributed by atoms with Gasteiger partial charge in [-0.15, -0.1) is 0 Å². The molecule has 2 unspecified atom stereocenters. The molecule has 1 saturated heterocycles. The van der Waals surface area contributed by atoms with Gasteiger partial charge in [-0.05, 0) is 80.5 Å². The number of hydrogen-bond donors (Lipinski definition) is 0. The number of benzene rings is 3. The first kappa shape index (κ1) is 37.4. The number of hydrogen-bond acceptors (Lipinski definition) is 6. The first-order chi connectivity index (χ1) is 24.0. The highest BCUT2D eigenvalue weighted by Gasteiger charge is 2.51. The summed E-state index contributed by atoms with van der Waals surface area (Å²) in [6, 6.07) is 12.4. The fraction of sp³-hybridized carbons (Fsp3) is 0.405. The summed E-state index contributed by atoms with van der Waals surface area (Å²) in [7, 11) is -3.64. The summed E-state index contributed by atoms with van der Waals surface area (Å²) in [6.45, 7) is 5.35. The van der Waals surface area contributed by atoms with E-state index in [-0.39, 0.29) is 48.6 Å². The largest absolute Gasteiger partial charge is 0.488 e. The van der Waals surface area contributed by atoms with Crippen LogP contribution in [-0.2, 0) is 32.3 Å². The summed E-state index contributed by atoms with van der Waals surface area (Å²) in [5.41, 5.74) is 2.15. The Morgan fingerprint density at radius 3 is 2.29 bits per heavy atom. The van der Waals surface area contributed by atoms with Gasteiger partial charge in [-0.25, -0.2) is 22.0 Å². The highest BCUT2D eigenvalue weighted by Crippen LogP contribution is 2.43. The molecule has 14 heteroatoms. The zero-order chi connectivity index (χ0) is 36.8. The summed E-state index contributed by atoms with van der Waals surface area (Å²) < 4.78 is 65.9. The van der Waals surface area contributed by atoms with Crippen molar-refractivity contribution >= 4 is 62.2 Å². The molecule has 0 aromatic heterocycles. The second-order valence-electron chi connectivity index (χ2n) is 14.1. The molecule has 1 aliphatic carbocycles. The number of sulfone groups is 1. The third-order valence-electron chi connectivity index (χ3n) is 9.08. The van der Waals surface area contributed by atoms with Crippen LogP contribution in [0.2, 0.25) is 15.1 Å². The maximum atomic E-state index is 14.9. The van der Waals surface area contributed by atoms with E-state index in [9.17, 15) is 26.8 Å². The van der Waals surface area contributed by atoms with E-state index in [1.54, 1.807) is 43.9 Å². The maximum Gasteiger partial charge on any atom is 0.411 e. The molecule has 3 aliphatic rings. The van der Waals surface area contributed by atoms with Crippen LogP contribution in [0.25, 0.3) is 5.57 Å². The van der Waals surface area contributed by atoms with Crippen molar-refractivity contribution in [1.82, 2.24) is 9.80 Å². The molecule has 2 atom stereocenters. The molecule has 51 heavy (non-hydrogen) atoms. The third kappa shape index (κ3) is 8.32. The van der Waals surface area contributed by atoms with Crippen molar-refractivity contribution in [2.75, 3.05) is 18.1 Å². The lowest BCUT2D eigenvalue weighted by molar-refractivity contribution is -0.129. The predicted molar refractivity (Wildman–Crippen MR) is 193 cm³/mol. The van der Waals surface area contributed by atoms with Crippen molar-refractivity contribution in [3.05, 3.63) is 104 Å². The molecule has 2 bridgehead atoms. The molecule has 272 valence electrons. The first-order valence-electron chi connectivity index (χ1n) is 16.6. The van der Waals surface area contributed by atoms with Crippen molar-refractivity contribution in [3.8, 4) is 5.75 Å². The topological polar surface area (TPSA) is 93.2 Å². The summed E-state index contributed by atoms with van der Waals surface area (Å²) in [4.78, 5) is 31.7. The van der Waals surface area contributed by atoms with E-state index in [0.717, 1.165) is 30.5 Å². The van der Waals surface area contributed by atoms with Gasteiger partial charge in [-0.3, -0.25) is 9.69 Å². The van der Waals surface area contributed by atoms with Crippen molar-refractivity contribution in [2.45, 2.75) is 76.7 Å². The van der Waals surface area contributed by atoms with E-state index in [0.29, 0.717) is 33.2 Å². The number of nitrogens with zero attached hydrogens (tertiary/aromatic N) is 2.